The summed E-state index contributed by atoms with van der Waals surface area (Å²) < 4.78 is 45.5. The lowest BCUT2D eigenvalue weighted by Gasteiger charge is -2.17. The Labute approximate surface area is 125 Å². The Morgan fingerprint density at radius 3 is 2.67 bits per heavy atom. The molecule has 0 amide bonds. The molecule has 0 aliphatic heterocycles. The highest BCUT2D eigenvalue weighted by molar-refractivity contribution is 6.16. The van der Waals surface area contributed by atoms with Crippen LogP contribution in [0.15, 0.2) is 18.2 Å². The number of hydrogen-bond donors (Lipinski definition) is 0. The molecule has 1 atom stereocenters. The van der Waals surface area contributed by atoms with E-state index >= 15 is 0 Å². The average molecular weight is 321 g/mol. The van der Waals surface area contributed by atoms with Crippen LogP contribution in [0.1, 0.15) is 31.3 Å². The number of aromatic nitrogens is 2. The molecule has 0 aliphatic carbocycles. The molecule has 0 spiro atoms. The highest BCUT2D eigenvalue weighted by atomic mass is 35.5. The van der Waals surface area contributed by atoms with E-state index in [1.54, 1.807) is 0 Å². The summed E-state index contributed by atoms with van der Waals surface area (Å²) in [4.78, 5) is 4.21. The lowest BCUT2D eigenvalue weighted by atomic mass is 10.2. The van der Waals surface area contributed by atoms with Crippen molar-refractivity contribution in [1.82, 2.24) is 9.55 Å². The van der Waals surface area contributed by atoms with Gasteiger partial charge in [-0.1, -0.05) is 0 Å². The average Bonchev–Trinajstić information content (AvgIpc) is 2.81. The number of rotatable bonds is 5. The molecular weight excluding hydrogens is 305 g/mol. The van der Waals surface area contributed by atoms with Gasteiger partial charge in [0.1, 0.15) is 5.82 Å². The van der Waals surface area contributed by atoms with Gasteiger partial charge in [-0.15, -0.1) is 11.6 Å². The van der Waals surface area contributed by atoms with Gasteiger partial charge in [-0.2, -0.15) is 13.2 Å². The van der Waals surface area contributed by atoms with Gasteiger partial charge in [0.2, 0.25) is 0 Å². The van der Waals surface area contributed by atoms with E-state index in [1.807, 2.05) is 18.4 Å². The Balaban J connectivity index is 2.49. The number of alkyl halides is 4. The zero-order valence-electron chi connectivity index (χ0n) is 11.7. The number of ether oxygens (including phenoxy) is 1. The van der Waals surface area contributed by atoms with E-state index < -0.39 is 11.7 Å². The van der Waals surface area contributed by atoms with Gasteiger partial charge < -0.3 is 9.30 Å². The summed E-state index contributed by atoms with van der Waals surface area (Å²) in [5, 5.41) is 0. The third-order valence-electron chi connectivity index (χ3n) is 3.21. The Morgan fingerprint density at radius 1 is 1.38 bits per heavy atom. The summed E-state index contributed by atoms with van der Waals surface area (Å²) in [6.45, 7) is 4.83. The monoisotopic (exact) mass is 320 g/mol. The van der Waals surface area contributed by atoms with Crippen LogP contribution in [0.2, 0.25) is 0 Å². The normalized spacial score (nSPS) is 13.8. The second-order valence-electron chi connectivity index (χ2n) is 4.74. The highest BCUT2D eigenvalue weighted by Gasteiger charge is 2.31. The van der Waals surface area contributed by atoms with Crippen molar-refractivity contribution in [2.24, 2.45) is 0 Å². The van der Waals surface area contributed by atoms with Crippen LogP contribution in [0, 0.1) is 0 Å². The molecule has 1 aromatic heterocycles. The zero-order chi connectivity index (χ0) is 15.6. The summed E-state index contributed by atoms with van der Waals surface area (Å²) >= 11 is 5.86. The molecule has 21 heavy (non-hydrogen) atoms. The quantitative estimate of drug-likeness (QED) is 0.764. The summed E-state index contributed by atoms with van der Waals surface area (Å²) in [6, 6.07) is 3.49. The predicted octanol–water partition coefficient (Wildman–Crippen LogP) is 4.39. The van der Waals surface area contributed by atoms with E-state index in [-0.39, 0.29) is 11.9 Å². The fraction of sp³-hybridized carbons (Fsp3) is 0.500. The lowest BCUT2D eigenvalue weighted by Crippen LogP contribution is -2.14. The first-order chi connectivity index (χ1) is 9.88. The second kappa shape index (κ2) is 6.23. The molecule has 1 aromatic carbocycles. The van der Waals surface area contributed by atoms with Crippen molar-refractivity contribution < 1.29 is 17.9 Å². The van der Waals surface area contributed by atoms with Gasteiger partial charge in [-0.05, 0) is 32.0 Å². The van der Waals surface area contributed by atoms with E-state index in [4.69, 9.17) is 16.3 Å². The van der Waals surface area contributed by atoms with E-state index in [0.717, 1.165) is 12.1 Å². The topological polar surface area (TPSA) is 27.1 Å². The van der Waals surface area contributed by atoms with Crippen molar-refractivity contribution in [2.45, 2.75) is 31.9 Å². The number of fused-ring (bicyclic) bond motifs is 1. The molecule has 116 valence electrons. The summed E-state index contributed by atoms with van der Waals surface area (Å²) in [6.07, 6.45) is -4.38. The van der Waals surface area contributed by atoms with Crippen molar-refractivity contribution in [2.75, 3.05) is 13.2 Å². The van der Waals surface area contributed by atoms with Crippen molar-refractivity contribution in [3.8, 4) is 0 Å². The van der Waals surface area contributed by atoms with E-state index in [1.165, 1.54) is 6.07 Å². The van der Waals surface area contributed by atoms with Gasteiger partial charge in [0.15, 0.2) is 0 Å². The number of nitrogens with zero attached hydrogens (tertiary/aromatic N) is 2. The molecule has 7 heteroatoms. The Morgan fingerprint density at radius 2 is 2.10 bits per heavy atom. The molecular formula is C14H16ClF3N2O. The van der Waals surface area contributed by atoms with Gasteiger partial charge in [0.05, 0.1) is 35.1 Å². The lowest BCUT2D eigenvalue weighted by molar-refractivity contribution is -0.137. The van der Waals surface area contributed by atoms with Crippen LogP contribution < -0.4 is 0 Å². The van der Waals surface area contributed by atoms with Crippen LogP contribution >= 0.6 is 11.6 Å². The van der Waals surface area contributed by atoms with Gasteiger partial charge in [0.25, 0.3) is 0 Å². The molecule has 0 aliphatic rings. The molecule has 1 unspecified atom stereocenters. The fourth-order valence-electron chi connectivity index (χ4n) is 2.27. The smallest absolute Gasteiger partial charge is 0.380 e. The SMILES string of the molecule is CCOCC(C)n1c(CCl)nc2cc(C(F)(F)F)ccc21. The van der Waals surface area contributed by atoms with Crippen LogP contribution in [0.5, 0.6) is 0 Å². The molecule has 0 bridgehead atoms. The molecule has 2 rings (SSSR count). The van der Waals surface area contributed by atoms with E-state index in [9.17, 15) is 13.2 Å². The molecule has 0 saturated carbocycles. The van der Waals surface area contributed by atoms with Crippen molar-refractivity contribution >= 4 is 22.6 Å². The van der Waals surface area contributed by atoms with Crippen LogP contribution in [0.3, 0.4) is 0 Å². The number of hydrogen-bond acceptors (Lipinski definition) is 2. The van der Waals surface area contributed by atoms with Crippen LogP contribution in [-0.2, 0) is 16.8 Å². The molecule has 0 saturated heterocycles. The number of halogens is 4. The fourth-order valence-corrected chi connectivity index (χ4v) is 2.46. The van der Waals surface area contributed by atoms with Gasteiger partial charge in [-0.25, -0.2) is 4.98 Å². The molecule has 3 nitrogen and oxygen atoms in total. The zero-order valence-corrected chi connectivity index (χ0v) is 12.5. The largest absolute Gasteiger partial charge is 0.416 e. The van der Waals surface area contributed by atoms with Gasteiger partial charge >= 0.3 is 6.18 Å². The maximum Gasteiger partial charge on any atom is 0.416 e. The molecule has 0 radical (unpaired) electrons. The van der Waals surface area contributed by atoms with Crippen LogP contribution in [0.25, 0.3) is 11.0 Å². The minimum atomic E-state index is -4.38. The second-order valence-corrected chi connectivity index (χ2v) is 5.01. The summed E-state index contributed by atoms with van der Waals surface area (Å²) in [5.74, 6) is 0.671. The first kappa shape index (κ1) is 16.1. The molecule has 0 N–H and O–H groups in total. The van der Waals surface area contributed by atoms with Crippen molar-refractivity contribution in [3.05, 3.63) is 29.6 Å². The van der Waals surface area contributed by atoms with Gasteiger partial charge in [0, 0.05) is 6.61 Å². The maximum atomic E-state index is 12.7. The molecule has 1 heterocycles. The van der Waals surface area contributed by atoms with Crippen LogP contribution in [0.4, 0.5) is 13.2 Å². The van der Waals surface area contributed by atoms with Crippen LogP contribution in [-0.4, -0.2) is 22.8 Å². The summed E-state index contributed by atoms with van der Waals surface area (Å²) in [5.41, 5.74) is 0.216. The minimum absolute atomic E-state index is 0.0552. The third kappa shape index (κ3) is 3.32. The van der Waals surface area contributed by atoms with Crippen molar-refractivity contribution in [3.63, 3.8) is 0 Å². The van der Waals surface area contributed by atoms with E-state index in [2.05, 4.69) is 4.98 Å². The van der Waals surface area contributed by atoms with Crippen molar-refractivity contribution in [1.29, 1.82) is 0 Å². The number of imidazole rings is 1. The minimum Gasteiger partial charge on any atom is -0.380 e. The van der Waals surface area contributed by atoms with Gasteiger partial charge in [-0.3, -0.25) is 0 Å². The molecule has 2 aromatic rings. The first-order valence-electron chi connectivity index (χ1n) is 6.60. The standard InChI is InChI=1S/C14H16ClF3N2O/c1-3-21-8-9(2)20-12-5-4-10(14(16,17)18)6-11(12)19-13(20)7-15/h4-6,9H,3,7-8H2,1-2H3. The van der Waals surface area contributed by atoms with E-state index in [0.29, 0.717) is 30.1 Å². The Kier molecular flexibility index (Phi) is 4.78. The highest BCUT2D eigenvalue weighted by Crippen LogP contribution is 2.32. The Bertz CT molecular complexity index is 624. The summed E-state index contributed by atoms with van der Waals surface area (Å²) in [7, 11) is 0. The molecule has 0 fully saturated rings. The Hall–Kier alpha value is -1.27. The predicted molar refractivity (Wildman–Crippen MR) is 75.5 cm³/mol. The number of benzene rings is 1. The maximum absolute atomic E-state index is 12.7. The third-order valence-corrected chi connectivity index (χ3v) is 3.45. The first-order valence-corrected chi connectivity index (χ1v) is 7.13.